The SMILES string of the molecule is CC(=O)NC(=O)[C@H](CCCSCC(=O)C(F)(F)F)NCc1cnc2ccccc2c1.O=C(O)C(F)(F)F. The summed E-state index contributed by atoms with van der Waals surface area (Å²) in [6.07, 6.45) is -7.53. The molecule has 2 amide bonds. The molecule has 1 heterocycles. The smallest absolute Gasteiger partial charge is 0.475 e. The maximum atomic E-state index is 12.3. The fraction of sp³-hybridized carbons (Fsp3) is 0.409. The molecule has 0 aliphatic heterocycles. The van der Waals surface area contributed by atoms with E-state index in [9.17, 15) is 40.7 Å². The van der Waals surface area contributed by atoms with Crippen LogP contribution in [-0.2, 0) is 25.7 Å². The third-order valence-electron chi connectivity index (χ3n) is 4.39. The summed E-state index contributed by atoms with van der Waals surface area (Å²) in [4.78, 5) is 47.6. The molecule has 0 saturated carbocycles. The molecule has 8 nitrogen and oxygen atoms in total. The predicted octanol–water partition coefficient (Wildman–Crippen LogP) is 3.63. The number of hydrogen-bond donors (Lipinski definition) is 3. The van der Waals surface area contributed by atoms with Crippen molar-refractivity contribution in [1.29, 1.82) is 0 Å². The van der Waals surface area contributed by atoms with E-state index in [1.807, 2.05) is 30.3 Å². The molecule has 0 bridgehead atoms. The van der Waals surface area contributed by atoms with Crippen molar-refractivity contribution in [3.05, 3.63) is 42.1 Å². The number of aromatic nitrogens is 1. The van der Waals surface area contributed by atoms with Crippen LogP contribution in [-0.4, -0.2) is 63.6 Å². The number of nitrogens with one attached hydrogen (secondary N) is 2. The van der Waals surface area contributed by atoms with Gasteiger partial charge in [0.1, 0.15) is 0 Å². The first kappa shape index (κ1) is 31.8. The van der Waals surface area contributed by atoms with Gasteiger partial charge < -0.3 is 10.4 Å². The highest BCUT2D eigenvalue weighted by atomic mass is 32.2. The lowest BCUT2D eigenvalue weighted by molar-refractivity contribution is -0.192. The molecule has 1 aromatic heterocycles. The summed E-state index contributed by atoms with van der Waals surface area (Å²) in [5, 5.41) is 13.4. The maximum absolute atomic E-state index is 12.3. The zero-order chi connectivity index (χ0) is 28.2. The van der Waals surface area contributed by atoms with Crippen molar-refractivity contribution in [2.24, 2.45) is 0 Å². The first-order valence-electron chi connectivity index (χ1n) is 10.5. The molecular weight excluding hydrogens is 532 g/mol. The van der Waals surface area contributed by atoms with E-state index in [4.69, 9.17) is 9.90 Å². The number of ketones is 1. The highest BCUT2D eigenvalue weighted by Crippen LogP contribution is 2.19. The zero-order valence-electron chi connectivity index (χ0n) is 19.3. The number of para-hydroxylation sites is 1. The van der Waals surface area contributed by atoms with Crippen LogP contribution in [0, 0.1) is 0 Å². The number of pyridine rings is 1. The molecule has 0 radical (unpaired) electrons. The van der Waals surface area contributed by atoms with Crippen molar-refractivity contribution < 1.29 is 50.6 Å². The van der Waals surface area contributed by atoms with Crippen molar-refractivity contribution in [3.63, 3.8) is 0 Å². The third kappa shape index (κ3) is 12.5. The molecule has 37 heavy (non-hydrogen) atoms. The topological polar surface area (TPSA) is 125 Å². The number of carboxylic acid groups (broad SMARTS) is 1. The number of rotatable bonds is 10. The zero-order valence-corrected chi connectivity index (χ0v) is 20.1. The lowest BCUT2D eigenvalue weighted by Gasteiger charge is -2.18. The van der Waals surface area contributed by atoms with Gasteiger partial charge in [-0.1, -0.05) is 18.2 Å². The number of hydrogen-bond acceptors (Lipinski definition) is 7. The van der Waals surface area contributed by atoms with E-state index in [1.165, 1.54) is 6.92 Å². The largest absolute Gasteiger partial charge is 0.490 e. The number of halogens is 6. The second-order valence-electron chi connectivity index (χ2n) is 7.43. The Hall–Kier alpha value is -3.20. The molecule has 3 N–H and O–H groups in total. The number of carboxylic acids is 1. The van der Waals surface area contributed by atoms with Gasteiger partial charge in [-0.05, 0) is 36.3 Å². The Morgan fingerprint density at radius 3 is 2.24 bits per heavy atom. The Bertz CT molecular complexity index is 1090. The molecule has 204 valence electrons. The van der Waals surface area contributed by atoms with Gasteiger partial charge in [-0.2, -0.15) is 38.1 Å². The Morgan fingerprint density at radius 1 is 1.05 bits per heavy atom. The van der Waals surface area contributed by atoms with Gasteiger partial charge in [0.25, 0.3) is 0 Å². The molecule has 0 aliphatic rings. The van der Waals surface area contributed by atoms with Gasteiger partial charge >= 0.3 is 18.3 Å². The number of Topliss-reactive ketones (excluding diaryl/α,β-unsaturated/α-hetero) is 1. The highest BCUT2D eigenvalue weighted by Gasteiger charge is 2.38. The van der Waals surface area contributed by atoms with Gasteiger partial charge in [-0.25, -0.2) is 4.79 Å². The van der Waals surface area contributed by atoms with Crippen LogP contribution in [0.25, 0.3) is 10.9 Å². The van der Waals surface area contributed by atoms with Crippen LogP contribution in [0.1, 0.15) is 25.3 Å². The lowest BCUT2D eigenvalue weighted by Crippen LogP contribution is -2.45. The summed E-state index contributed by atoms with van der Waals surface area (Å²) in [5.41, 5.74) is 1.69. The fourth-order valence-corrected chi connectivity index (χ4v) is 3.54. The van der Waals surface area contributed by atoms with Crippen molar-refractivity contribution in [3.8, 4) is 0 Å². The van der Waals surface area contributed by atoms with Crippen LogP contribution in [0.15, 0.2) is 36.5 Å². The number of aliphatic carboxylic acids is 1. The molecule has 0 spiro atoms. The van der Waals surface area contributed by atoms with E-state index in [0.717, 1.165) is 28.2 Å². The molecule has 0 fully saturated rings. The summed E-state index contributed by atoms with van der Waals surface area (Å²) < 4.78 is 68.4. The summed E-state index contributed by atoms with van der Waals surface area (Å²) in [5.74, 6) is -5.90. The number of fused-ring (bicyclic) bond motifs is 1. The first-order valence-corrected chi connectivity index (χ1v) is 11.6. The number of thioether (sulfide) groups is 1. The molecule has 15 heteroatoms. The number of alkyl halides is 6. The summed E-state index contributed by atoms with van der Waals surface area (Å²) in [7, 11) is 0. The average molecular weight is 555 g/mol. The minimum Gasteiger partial charge on any atom is -0.475 e. The van der Waals surface area contributed by atoms with E-state index < -0.39 is 47.7 Å². The Morgan fingerprint density at radius 2 is 1.68 bits per heavy atom. The summed E-state index contributed by atoms with van der Waals surface area (Å²) in [6, 6.07) is 8.82. The number of carbonyl (C=O) groups is 4. The third-order valence-corrected chi connectivity index (χ3v) is 5.43. The van der Waals surface area contributed by atoms with Crippen LogP contribution >= 0.6 is 11.8 Å². The molecule has 1 aromatic carbocycles. The lowest BCUT2D eigenvalue weighted by atomic mass is 10.1. The maximum Gasteiger partial charge on any atom is 0.490 e. The minimum atomic E-state index is -5.08. The second kappa shape index (κ2) is 14.5. The van der Waals surface area contributed by atoms with E-state index in [0.29, 0.717) is 19.4 Å². The van der Waals surface area contributed by atoms with Gasteiger partial charge in [-0.15, -0.1) is 0 Å². The molecule has 0 unspecified atom stereocenters. The van der Waals surface area contributed by atoms with Gasteiger partial charge in [0, 0.05) is 25.1 Å². The van der Waals surface area contributed by atoms with Gasteiger partial charge in [0.05, 0.1) is 17.3 Å². The monoisotopic (exact) mass is 555 g/mol. The van der Waals surface area contributed by atoms with Gasteiger partial charge in [-0.3, -0.25) is 24.7 Å². The van der Waals surface area contributed by atoms with E-state index in [1.54, 1.807) is 6.20 Å². The Kier molecular flexibility index (Phi) is 12.5. The Labute approximate surface area is 211 Å². The van der Waals surface area contributed by atoms with Crippen LogP contribution in [0.4, 0.5) is 26.3 Å². The summed E-state index contributed by atoms with van der Waals surface area (Å²) >= 11 is 0.866. The van der Waals surface area contributed by atoms with Crippen LogP contribution < -0.4 is 10.6 Å². The molecular formula is C22H23F6N3O5S. The second-order valence-corrected chi connectivity index (χ2v) is 8.54. The van der Waals surface area contributed by atoms with E-state index >= 15 is 0 Å². The van der Waals surface area contributed by atoms with Crippen LogP contribution in [0.5, 0.6) is 0 Å². The van der Waals surface area contributed by atoms with Crippen molar-refractivity contribution in [2.75, 3.05) is 11.5 Å². The van der Waals surface area contributed by atoms with E-state index in [-0.39, 0.29) is 5.75 Å². The van der Waals surface area contributed by atoms with Gasteiger partial charge in [0.2, 0.25) is 17.6 Å². The molecule has 0 aliphatic carbocycles. The standard InChI is InChI=1S/C20H22F3N3O3S.C2HF3O2/c1-13(27)26-19(29)17(7-4-8-30-12-18(28)20(21,22)23)25-11-14-9-15-5-2-3-6-16(15)24-10-14;3-2(4,5)1(6)7/h2-3,5-6,9-10,17,25H,4,7-8,11-12H2,1H3,(H,26,27,29);(H,6,7)/t17-;/m0./s1. The van der Waals surface area contributed by atoms with Crippen molar-refractivity contribution >= 4 is 46.2 Å². The van der Waals surface area contributed by atoms with Crippen LogP contribution in [0.2, 0.25) is 0 Å². The number of benzene rings is 1. The minimum absolute atomic E-state index is 0.283. The predicted molar refractivity (Wildman–Crippen MR) is 123 cm³/mol. The number of amides is 2. The molecule has 2 aromatic rings. The van der Waals surface area contributed by atoms with Gasteiger partial charge in [0.15, 0.2) is 0 Å². The summed E-state index contributed by atoms with van der Waals surface area (Å²) in [6.45, 7) is 1.55. The fourth-order valence-electron chi connectivity index (χ4n) is 2.68. The molecule has 1 atom stereocenters. The number of nitrogens with zero attached hydrogens (tertiary/aromatic N) is 1. The normalized spacial score (nSPS) is 12.3. The molecule has 0 saturated heterocycles. The first-order chi connectivity index (χ1) is 17.1. The molecule has 2 rings (SSSR count). The quantitative estimate of drug-likeness (QED) is 0.300. The van der Waals surface area contributed by atoms with Crippen LogP contribution in [0.3, 0.4) is 0 Å². The Balaban J connectivity index is 0.000000856. The average Bonchev–Trinajstić information content (AvgIpc) is 2.79. The highest BCUT2D eigenvalue weighted by molar-refractivity contribution is 7.99. The van der Waals surface area contributed by atoms with Crippen molar-refractivity contribution in [2.45, 2.75) is 44.7 Å². The van der Waals surface area contributed by atoms with E-state index in [2.05, 4.69) is 15.6 Å². The van der Waals surface area contributed by atoms with Crippen molar-refractivity contribution in [1.82, 2.24) is 15.6 Å². The number of imide groups is 1. The number of carbonyl (C=O) groups excluding carboxylic acids is 3.